The lowest BCUT2D eigenvalue weighted by molar-refractivity contribution is -0.0410. The van der Waals surface area contributed by atoms with Gasteiger partial charge in [-0.25, -0.2) is 0 Å². The number of β-amino-alcohol motifs (C(OH)–C–C–N with tert-alkyl or cyclic N) is 1. The highest BCUT2D eigenvalue weighted by Crippen LogP contribution is 2.39. The molecule has 0 radical (unpaired) electrons. The molecule has 0 aromatic rings. The lowest BCUT2D eigenvalue weighted by atomic mass is 9.90. The summed E-state index contributed by atoms with van der Waals surface area (Å²) in [5.74, 6) is 0.978. The third-order valence-electron chi connectivity index (χ3n) is 2.79. The molecule has 1 saturated carbocycles. The van der Waals surface area contributed by atoms with Crippen molar-refractivity contribution in [3.05, 3.63) is 0 Å². The molecule has 0 amide bonds. The van der Waals surface area contributed by atoms with E-state index in [1.807, 2.05) is 0 Å². The van der Waals surface area contributed by atoms with Crippen molar-refractivity contribution in [3.8, 4) is 0 Å². The van der Waals surface area contributed by atoms with Crippen LogP contribution in [0.4, 0.5) is 0 Å². The third-order valence-corrected chi connectivity index (χ3v) is 2.79. The van der Waals surface area contributed by atoms with Gasteiger partial charge in [-0.3, -0.25) is 0 Å². The van der Waals surface area contributed by atoms with Crippen molar-refractivity contribution in [1.82, 2.24) is 5.32 Å². The fraction of sp³-hybridized carbons (Fsp3) is 1.00. The lowest BCUT2D eigenvalue weighted by Gasteiger charge is -2.32. The average molecular weight is 157 g/mol. The van der Waals surface area contributed by atoms with Crippen LogP contribution >= 0.6 is 0 Å². The third kappa shape index (κ3) is 1.41. The van der Waals surface area contributed by atoms with Crippen LogP contribution in [0.3, 0.4) is 0 Å². The van der Waals surface area contributed by atoms with E-state index in [4.69, 9.17) is 0 Å². The number of aliphatic hydroxyl groups excluding tert-OH is 2. The minimum Gasteiger partial charge on any atom is -0.390 e. The monoisotopic (exact) mass is 157 g/mol. The molecule has 1 aliphatic heterocycles. The molecule has 3 N–H and O–H groups in total. The van der Waals surface area contributed by atoms with Crippen LogP contribution in [0.25, 0.3) is 0 Å². The van der Waals surface area contributed by atoms with Crippen LogP contribution in [-0.2, 0) is 0 Å². The van der Waals surface area contributed by atoms with Crippen molar-refractivity contribution in [2.75, 3.05) is 13.1 Å². The van der Waals surface area contributed by atoms with E-state index in [0.29, 0.717) is 18.4 Å². The van der Waals surface area contributed by atoms with Crippen molar-refractivity contribution in [3.63, 3.8) is 0 Å². The van der Waals surface area contributed by atoms with E-state index in [9.17, 15) is 10.2 Å². The smallest absolute Gasteiger partial charge is 0.0926 e. The molecular formula is C8H15NO2. The predicted molar refractivity (Wildman–Crippen MR) is 41.1 cm³/mol. The maximum Gasteiger partial charge on any atom is 0.0926 e. The Morgan fingerprint density at radius 1 is 1.09 bits per heavy atom. The maximum atomic E-state index is 9.56. The first-order chi connectivity index (χ1) is 5.29. The van der Waals surface area contributed by atoms with Crippen molar-refractivity contribution in [2.45, 2.75) is 25.0 Å². The molecule has 3 heteroatoms. The number of hydrogen-bond donors (Lipinski definition) is 3. The summed E-state index contributed by atoms with van der Waals surface area (Å²) in [4.78, 5) is 0. The zero-order chi connectivity index (χ0) is 7.84. The van der Waals surface area contributed by atoms with Gasteiger partial charge in [0.25, 0.3) is 0 Å². The average Bonchev–Trinajstić information content (AvgIpc) is 2.77. The summed E-state index contributed by atoms with van der Waals surface area (Å²) in [6, 6.07) is 0. The van der Waals surface area contributed by atoms with Gasteiger partial charge < -0.3 is 15.5 Å². The SMILES string of the molecule is O[C@@H]1CNCC(C2CC2)[C@H]1O. The van der Waals surface area contributed by atoms with Crippen LogP contribution in [0, 0.1) is 11.8 Å². The molecule has 64 valence electrons. The van der Waals surface area contributed by atoms with Crippen LogP contribution in [0.2, 0.25) is 0 Å². The molecule has 1 unspecified atom stereocenters. The summed E-state index contributed by atoms with van der Waals surface area (Å²) in [5.41, 5.74) is 0. The molecule has 1 saturated heterocycles. The van der Waals surface area contributed by atoms with E-state index in [2.05, 4.69) is 5.32 Å². The van der Waals surface area contributed by atoms with Gasteiger partial charge in [-0.05, 0) is 18.8 Å². The molecular weight excluding hydrogens is 142 g/mol. The number of hydrogen-bond acceptors (Lipinski definition) is 3. The molecule has 3 nitrogen and oxygen atoms in total. The second-order valence-corrected chi connectivity index (χ2v) is 3.72. The summed E-state index contributed by atoms with van der Waals surface area (Å²) in [6.07, 6.45) is 1.43. The Balaban J connectivity index is 1.95. The van der Waals surface area contributed by atoms with Crippen molar-refractivity contribution in [1.29, 1.82) is 0 Å². The second-order valence-electron chi connectivity index (χ2n) is 3.72. The van der Waals surface area contributed by atoms with E-state index in [1.54, 1.807) is 0 Å². The molecule has 0 bridgehead atoms. The molecule has 0 aromatic heterocycles. The van der Waals surface area contributed by atoms with Gasteiger partial charge in [-0.1, -0.05) is 0 Å². The summed E-state index contributed by atoms with van der Waals surface area (Å²) in [7, 11) is 0. The molecule has 0 spiro atoms. The van der Waals surface area contributed by atoms with E-state index >= 15 is 0 Å². The highest BCUT2D eigenvalue weighted by Gasteiger charge is 2.40. The zero-order valence-corrected chi connectivity index (χ0v) is 6.53. The van der Waals surface area contributed by atoms with E-state index < -0.39 is 12.2 Å². The molecule has 2 fully saturated rings. The maximum absolute atomic E-state index is 9.56. The first-order valence-electron chi connectivity index (χ1n) is 4.36. The van der Waals surface area contributed by atoms with Crippen LogP contribution < -0.4 is 5.32 Å². The largest absolute Gasteiger partial charge is 0.390 e. The highest BCUT2D eigenvalue weighted by atomic mass is 16.3. The Morgan fingerprint density at radius 3 is 2.45 bits per heavy atom. The number of piperidine rings is 1. The van der Waals surface area contributed by atoms with Crippen molar-refractivity contribution in [2.24, 2.45) is 11.8 Å². The van der Waals surface area contributed by atoms with Crippen molar-refractivity contribution >= 4 is 0 Å². The van der Waals surface area contributed by atoms with E-state index in [-0.39, 0.29) is 0 Å². The minimum atomic E-state index is -0.547. The fourth-order valence-corrected chi connectivity index (χ4v) is 1.89. The lowest BCUT2D eigenvalue weighted by Crippen LogP contribution is -2.51. The van der Waals surface area contributed by atoms with Crippen LogP contribution in [0.15, 0.2) is 0 Å². The Bertz CT molecular complexity index is 147. The molecule has 2 aliphatic rings. The fourth-order valence-electron chi connectivity index (χ4n) is 1.89. The Labute approximate surface area is 66.4 Å². The van der Waals surface area contributed by atoms with Gasteiger partial charge in [0.05, 0.1) is 12.2 Å². The zero-order valence-electron chi connectivity index (χ0n) is 6.53. The summed E-state index contributed by atoms with van der Waals surface area (Å²) in [5, 5.41) is 22.0. The normalized spacial score (nSPS) is 45.8. The first-order valence-corrected chi connectivity index (χ1v) is 4.36. The summed E-state index contributed by atoms with van der Waals surface area (Å²) < 4.78 is 0. The standard InChI is InChI=1S/C8H15NO2/c10-7-4-9-3-6(8(7)11)5-1-2-5/h5-11H,1-4H2/t6?,7-,8-/m1/s1. The first kappa shape index (κ1) is 7.53. The van der Waals surface area contributed by atoms with Crippen molar-refractivity contribution < 1.29 is 10.2 Å². The molecule has 1 aliphatic carbocycles. The van der Waals surface area contributed by atoms with Gasteiger partial charge in [-0.2, -0.15) is 0 Å². The quantitative estimate of drug-likeness (QED) is 0.473. The van der Waals surface area contributed by atoms with Crippen LogP contribution in [0.1, 0.15) is 12.8 Å². The van der Waals surface area contributed by atoms with Gasteiger partial charge >= 0.3 is 0 Å². The van der Waals surface area contributed by atoms with E-state index in [1.165, 1.54) is 12.8 Å². The molecule has 0 aromatic carbocycles. The predicted octanol–water partition coefficient (Wildman–Crippen LogP) is -0.662. The Hall–Kier alpha value is -0.120. The van der Waals surface area contributed by atoms with Gasteiger partial charge in [0, 0.05) is 19.0 Å². The van der Waals surface area contributed by atoms with Gasteiger partial charge in [0.15, 0.2) is 0 Å². The number of nitrogens with one attached hydrogen (secondary N) is 1. The second kappa shape index (κ2) is 2.73. The minimum absolute atomic E-state index is 0.304. The number of aliphatic hydroxyl groups is 2. The molecule has 2 rings (SSSR count). The molecule has 3 atom stereocenters. The highest BCUT2D eigenvalue weighted by molar-refractivity contribution is 4.93. The van der Waals surface area contributed by atoms with Gasteiger partial charge in [0.2, 0.25) is 0 Å². The van der Waals surface area contributed by atoms with Crippen LogP contribution in [0.5, 0.6) is 0 Å². The summed E-state index contributed by atoms with van der Waals surface area (Å²) in [6.45, 7) is 1.42. The Kier molecular flexibility index (Phi) is 1.87. The van der Waals surface area contributed by atoms with Gasteiger partial charge in [-0.15, -0.1) is 0 Å². The Morgan fingerprint density at radius 2 is 1.82 bits per heavy atom. The summed E-state index contributed by atoms with van der Waals surface area (Å²) >= 11 is 0. The molecule has 11 heavy (non-hydrogen) atoms. The topological polar surface area (TPSA) is 52.5 Å². The van der Waals surface area contributed by atoms with Crippen LogP contribution in [-0.4, -0.2) is 35.5 Å². The molecule has 1 heterocycles. The van der Waals surface area contributed by atoms with E-state index in [0.717, 1.165) is 6.54 Å². The number of rotatable bonds is 1. The van der Waals surface area contributed by atoms with Gasteiger partial charge in [0.1, 0.15) is 0 Å².